The summed E-state index contributed by atoms with van der Waals surface area (Å²) in [5, 5.41) is 7.61. The molecule has 4 rings (SSSR count). The maximum atomic E-state index is 12.6. The van der Waals surface area contributed by atoms with Crippen LogP contribution in [0.4, 0.5) is 5.82 Å². The number of carbonyl (C=O) groups excluding carboxylic acids is 2. The third-order valence-corrected chi connectivity index (χ3v) is 5.60. The smallest absolute Gasteiger partial charge is 0.257 e. The van der Waals surface area contributed by atoms with Gasteiger partial charge in [0.15, 0.2) is 0 Å². The van der Waals surface area contributed by atoms with Crippen molar-refractivity contribution in [3.05, 3.63) is 11.8 Å². The molecule has 0 bridgehead atoms. The van der Waals surface area contributed by atoms with Crippen LogP contribution < -0.4 is 5.32 Å². The number of rotatable bonds is 5. The van der Waals surface area contributed by atoms with Crippen LogP contribution >= 0.6 is 0 Å². The van der Waals surface area contributed by atoms with Gasteiger partial charge in [0.2, 0.25) is 5.91 Å². The second-order valence-corrected chi connectivity index (χ2v) is 7.44. The van der Waals surface area contributed by atoms with E-state index in [2.05, 4.69) is 20.4 Å². The first kappa shape index (κ1) is 17.1. The molecule has 1 unspecified atom stereocenters. The van der Waals surface area contributed by atoms with Crippen molar-refractivity contribution in [3.63, 3.8) is 0 Å². The lowest BCUT2D eigenvalue weighted by atomic mass is 10.0. The van der Waals surface area contributed by atoms with Crippen LogP contribution in [0.5, 0.6) is 0 Å². The second-order valence-electron chi connectivity index (χ2n) is 7.44. The summed E-state index contributed by atoms with van der Waals surface area (Å²) >= 11 is 0. The van der Waals surface area contributed by atoms with Gasteiger partial charge in [-0.25, -0.2) is 4.99 Å². The molecule has 2 heterocycles. The number of hydrogen-bond donors (Lipinski definition) is 1. The Kier molecular flexibility index (Phi) is 4.46. The lowest BCUT2D eigenvalue weighted by Crippen LogP contribution is -2.30. The van der Waals surface area contributed by atoms with E-state index in [1.54, 1.807) is 4.68 Å². The summed E-state index contributed by atoms with van der Waals surface area (Å²) in [6.45, 7) is 4.02. The van der Waals surface area contributed by atoms with Crippen LogP contribution in [0.1, 0.15) is 70.4 Å². The number of nitrogens with zero attached hydrogens (tertiary/aromatic N) is 4. The molecule has 2 fully saturated rings. The first-order chi connectivity index (χ1) is 12.6. The van der Waals surface area contributed by atoms with Crippen LogP contribution in [0.15, 0.2) is 16.1 Å². The Morgan fingerprint density at radius 3 is 2.73 bits per heavy atom. The molecular weight excluding hydrogens is 330 g/mol. The first-order valence-corrected chi connectivity index (χ1v) is 9.71. The molecule has 0 radical (unpaired) electrons. The van der Waals surface area contributed by atoms with Gasteiger partial charge in [0.1, 0.15) is 5.82 Å². The fourth-order valence-corrected chi connectivity index (χ4v) is 3.76. The Morgan fingerprint density at radius 2 is 2.04 bits per heavy atom. The SMILES string of the molecule is CCC(CC)C(=O)Nc1cc(C2CC2)nn1C1=NC(=O)C2CCCC2=N1. The predicted octanol–water partition coefficient (Wildman–Crippen LogP) is 3.12. The fourth-order valence-electron chi connectivity index (χ4n) is 3.76. The minimum absolute atomic E-state index is 0.0207. The highest BCUT2D eigenvalue weighted by atomic mass is 16.2. The van der Waals surface area contributed by atoms with Crippen molar-refractivity contribution in [1.29, 1.82) is 0 Å². The van der Waals surface area contributed by atoms with E-state index < -0.39 is 0 Å². The van der Waals surface area contributed by atoms with Crippen molar-refractivity contribution in [2.75, 3.05) is 5.32 Å². The molecule has 0 saturated heterocycles. The predicted molar refractivity (Wildman–Crippen MR) is 99.5 cm³/mol. The summed E-state index contributed by atoms with van der Waals surface area (Å²) in [5.41, 5.74) is 1.84. The van der Waals surface area contributed by atoms with Crippen molar-refractivity contribution in [2.24, 2.45) is 21.8 Å². The van der Waals surface area contributed by atoms with E-state index in [1.165, 1.54) is 0 Å². The van der Waals surface area contributed by atoms with E-state index in [0.29, 0.717) is 11.7 Å². The van der Waals surface area contributed by atoms with Crippen LogP contribution in [0.3, 0.4) is 0 Å². The molecule has 3 aliphatic rings. The molecular formula is C19H25N5O2. The van der Waals surface area contributed by atoms with E-state index in [0.717, 1.165) is 56.4 Å². The summed E-state index contributed by atoms with van der Waals surface area (Å²) in [4.78, 5) is 33.7. The number of nitrogens with one attached hydrogen (secondary N) is 1. The van der Waals surface area contributed by atoms with E-state index in [1.807, 2.05) is 19.9 Å². The Balaban J connectivity index is 1.67. The van der Waals surface area contributed by atoms with Gasteiger partial charge in [0.25, 0.3) is 11.9 Å². The molecule has 1 aliphatic heterocycles. The van der Waals surface area contributed by atoms with E-state index in [9.17, 15) is 9.59 Å². The van der Waals surface area contributed by atoms with Gasteiger partial charge in [0.05, 0.1) is 11.6 Å². The fraction of sp³-hybridized carbons (Fsp3) is 0.632. The van der Waals surface area contributed by atoms with Crippen LogP contribution in [0.25, 0.3) is 0 Å². The normalized spacial score (nSPS) is 22.3. The van der Waals surface area contributed by atoms with Gasteiger partial charge in [-0.2, -0.15) is 14.8 Å². The molecule has 2 amide bonds. The van der Waals surface area contributed by atoms with E-state index in [4.69, 9.17) is 0 Å². The minimum Gasteiger partial charge on any atom is -0.310 e. The molecule has 1 aromatic heterocycles. The molecule has 2 saturated carbocycles. The maximum absolute atomic E-state index is 12.6. The Hall–Kier alpha value is -2.31. The van der Waals surface area contributed by atoms with Gasteiger partial charge in [-0.05, 0) is 44.9 Å². The topological polar surface area (TPSA) is 88.7 Å². The zero-order chi connectivity index (χ0) is 18.3. The Labute approximate surface area is 153 Å². The van der Waals surface area contributed by atoms with Crippen molar-refractivity contribution in [2.45, 2.75) is 64.7 Å². The molecule has 1 N–H and O–H groups in total. The van der Waals surface area contributed by atoms with Gasteiger partial charge in [0, 0.05) is 23.6 Å². The summed E-state index contributed by atoms with van der Waals surface area (Å²) in [6, 6.07) is 1.91. The summed E-state index contributed by atoms with van der Waals surface area (Å²) in [5.74, 6) is 0.941. The third-order valence-electron chi connectivity index (χ3n) is 5.60. The molecule has 7 heteroatoms. The van der Waals surface area contributed by atoms with Crippen molar-refractivity contribution < 1.29 is 9.59 Å². The summed E-state index contributed by atoms with van der Waals surface area (Å²) < 4.78 is 1.55. The number of aliphatic imine (C=N–C) groups is 2. The van der Waals surface area contributed by atoms with E-state index in [-0.39, 0.29) is 29.6 Å². The largest absolute Gasteiger partial charge is 0.310 e. The zero-order valence-corrected chi connectivity index (χ0v) is 15.4. The third kappa shape index (κ3) is 3.10. The number of amides is 2. The average molecular weight is 355 g/mol. The number of carbonyl (C=O) groups is 2. The van der Waals surface area contributed by atoms with Gasteiger partial charge in [-0.1, -0.05) is 13.8 Å². The molecule has 1 atom stereocenters. The van der Waals surface area contributed by atoms with Gasteiger partial charge >= 0.3 is 0 Å². The Morgan fingerprint density at radius 1 is 1.27 bits per heavy atom. The number of anilines is 1. The van der Waals surface area contributed by atoms with Crippen LogP contribution in [0, 0.1) is 11.8 Å². The lowest BCUT2D eigenvalue weighted by molar-refractivity contribution is -0.120. The highest BCUT2D eigenvalue weighted by Crippen LogP contribution is 2.40. The minimum atomic E-state index is -0.153. The second kappa shape index (κ2) is 6.78. The van der Waals surface area contributed by atoms with Crippen molar-refractivity contribution in [3.8, 4) is 0 Å². The van der Waals surface area contributed by atoms with Crippen LogP contribution in [-0.4, -0.2) is 33.3 Å². The van der Waals surface area contributed by atoms with Crippen LogP contribution in [0.2, 0.25) is 0 Å². The van der Waals surface area contributed by atoms with Gasteiger partial charge in [-0.3, -0.25) is 9.59 Å². The van der Waals surface area contributed by atoms with E-state index >= 15 is 0 Å². The molecule has 26 heavy (non-hydrogen) atoms. The summed E-state index contributed by atoms with van der Waals surface area (Å²) in [7, 11) is 0. The first-order valence-electron chi connectivity index (χ1n) is 9.71. The molecule has 138 valence electrons. The number of hydrogen-bond acceptors (Lipinski definition) is 4. The van der Waals surface area contributed by atoms with Gasteiger partial charge in [-0.15, -0.1) is 0 Å². The lowest BCUT2D eigenvalue weighted by Gasteiger charge is -2.16. The molecule has 2 aliphatic carbocycles. The standard InChI is InChI=1S/C19H25N5O2/c1-3-11(4-2)17(25)21-16-10-15(12-8-9-12)23-24(16)19-20-14-7-5-6-13(14)18(26)22-19/h10-13H,3-9H2,1-2H3,(H,21,25). The highest BCUT2D eigenvalue weighted by molar-refractivity contribution is 6.17. The molecule has 0 aromatic carbocycles. The summed E-state index contributed by atoms with van der Waals surface area (Å²) in [6.07, 6.45) is 6.44. The van der Waals surface area contributed by atoms with Crippen molar-refractivity contribution >= 4 is 29.3 Å². The zero-order valence-electron chi connectivity index (χ0n) is 15.4. The highest BCUT2D eigenvalue weighted by Gasteiger charge is 2.35. The maximum Gasteiger partial charge on any atom is 0.257 e. The number of fused-ring (bicyclic) bond motifs is 1. The van der Waals surface area contributed by atoms with Gasteiger partial charge < -0.3 is 5.32 Å². The molecule has 7 nitrogen and oxygen atoms in total. The monoisotopic (exact) mass is 355 g/mol. The molecule has 1 aromatic rings. The number of aromatic nitrogens is 2. The quantitative estimate of drug-likeness (QED) is 0.880. The van der Waals surface area contributed by atoms with Crippen molar-refractivity contribution in [1.82, 2.24) is 9.78 Å². The van der Waals surface area contributed by atoms with Crippen LogP contribution in [-0.2, 0) is 9.59 Å². The molecule has 0 spiro atoms. The average Bonchev–Trinajstić information content (AvgIpc) is 3.21. The Bertz CT molecular complexity index is 799.